The summed E-state index contributed by atoms with van der Waals surface area (Å²) in [5, 5.41) is 6.29. The summed E-state index contributed by atoms with van der Waals surface area (Å²) >= 11 is 3.32. The number of aromatic nitrogens is 1. The van der Waals surface area contributed by atoms with Gasteiger partial charge >= 0.3 is 0 Å². The van der Waals surface area contributed by atoms with Crippen LogP contribution in [0.25, 0.3) is 0 Å². The average Bonchev–Trinajstić information content (AvgIpc) is 2.68. The molecule has 0 atom stereocenters. The maximum Gasteiger partial charge on any atom is 0.260 e. The van der Waals surface area contributed by atoms with E-state index in [0.717, 1.165) is 4.47 Å². The quantitative estimate of drug-likeness (QED) is 0.835. The molecule has 17 heavy (non-hydrogen) atoms. The third-order valence-electron chi connectivity index (χ3n) is 2.24. The SMILES string of the molecule is Cc1oncc1C(=O)Nc1ccc(N)cc1Br. The van der Waals surface area contributed by atoms with Gasteiger partial charge < -0.3 is 15.6 Å². The Bertz CT molecular complexity index is 566. The molecule has 0 aliphatic rings. The van der Waals surface area contributed by atoms with Gasteiger partial charge in [-0.1, -0.05) is 5.16 Å². The van der Waals surface area contributed by atoms with Gasteiger partial charge in [0.15, 0.2) is 0 Å². The van der Waals surface area contributed by atoms with E-state index in [4.69, 9.17) is 10.3 Å². The van der Waals surface area contributed by atoms with Gasteiger partial charge in [0.05, 0.1) is 11.9 Å². The lowest BCUT2D eigenvalue weighted by Gasteiger charge is -2.06. The molecule has 1 aromatic heterocycles. The van der Waals surface area contributed by atoms with Gasteiger partial charge in [-0.05, 0) is 41.1 Å². The first-order chi connectivity index (χ1) is 8.08. The van der Waals surface area contributed by atoms with Crippen LogP contribution < -0.4 is 11.1 Å². The summed E-state index contributed by atoms with van der Waals surface area (Å²) in [6.45, 7) is 1.68. The molecule has 5 nitrogen and oxygen atoms in total. The Morgan fingerprint density at radius 3 is 2.88 bits per heavy atom. The summed E-state index contributed by atoms with van der Waals surface area (Å²) in [5.74, 6) is 0.211. The van der Waals surface area contributed by atoms with Crippen molar-refractivity contribution in [2.24, 2.45) is 0 Å². The first-order valence-corrected chi connectivity index (χ1v) is 5.65. The highest BCUT2D eigenvalue weighted by Crippen LogP contribution is 2.25. The van der Waals surface area contributed by atoms with Crippen molar-refractivity contribution in [3.8, 4) is 0 Å². The highest BCUT2D eigenvalue weighted by Gasteiger charge is 2.13. The summed E-state index contributed by atoms with van der Waals surface area (Å²) in [5.41, 5.74) is 7.28. The molecule has 1 heterocycles. The van der Waals surface area contributed by atoms with Gasteiger partial charge in [0.2, 0.25) is 0 Å². The number of amides is 1. The number of nitrogens with zero attached hydrogens (tertiary/aromatic N) is 1. The number of rotatable bonds is 2. The maximum atomic E-state index is 11.9. The van der Waals surface area contributed by atoms with Gasteiger partial charge in [-0.15, -0.1) is 0 Å². The number of nitrogens with one attached hydrogen (secondary N) is 1. The van der Waals surface area contributed by atoms with Crippen molar-refractivity contribution in [1.29, 1.82) is 0 Å². The number of benzene rings is 1. The van der Waals surface area contributed by atoms with Gasteiger partial charge in [0, 0.05) is 10.2 Å². The van der Waals surface area contributed by atoms with Gasteiger partial charge in [0.25, 0.3) is 5.91 Å². The van der Waals surface area contributed by atoms with Crippen molar-refractivity contribution in [2.45, 2.75) is 6.92 Å². The number of carbonyl (C=O) groups is 1. The largest absolute Gasteiger partial charge is 0.399 e. The highest BCUT2D eigenvalue weighted by atomic mass is 79.9. The van der Waals surface area contributed by atoms with Crippen molar-refractivity contribution in [2.75, 3.05) is 11.1 Å². The van der Waals surface area contributed by atoms with Gasteiger partial charge in [-0.25, -0.2) is 0 Å². The zero-order chi connectivity index (χ0) is 12.4. The molecule has 1 aromatic carbocycles. The minimum atomic E-state index is -0.269. The van der Waals surface area contributed by atoms with E-state index in [9.17, 15) is 4.79 Å². The summed E-state index contributed by atoms with van der Waals surface area (Å²) in [7, 11) is 0. The molecule has 0 aliphatic heterocycles. The maximum absolute atomic E-state index is 11.9. The summed E-state index contributed by atoms with van der Waals surface area (Å²) < 4.78 is 5.55. The van der Waals surface area contributed by atoms with Crippen LogP contribution in [0.15, 0.2) is 33.4 Å². The van der Waals surface area contributed by atoms with E-state index in [2.05, 4.69) is 26.4 Å². The Morgan fingerprint density at radius 2 is 2.29 bits per heavy atom. The highest BCUT2D eigenvalue weighted by molar-refractivity contribution is 9.10. The van der Waals surface area contributed by atoms with E-state index in [1.165, 1.54) is 6.20 Å². The zero-order valence-electron chi connectivity index (χ0n) is 9.03. The predicted molar refractivity (Wildman–Crippen MR) is 67.7 cm³/mol. The lowest BCUT2D eigenvalue weighted by Crippen LogP contribution is -2.12. The van der Waals surface area contributed by atoms with Crippen LogP contribution in [0.1, 0.15) is 16.1 Å². The first-order valence-electron chi connectivity index (χ1n) is 4.85. The van der Waals surface area contributed by atoms with Crippen molar-refractivity contribution in [3.05, 3.63) is 40.2 Å². The number of anilines is 2. The minimum absolute atomic E-state index is 0.269. The second-order valence-electron chi connectivity index (χ2n) is 3.49. The third kappa shape index (κ3) is 2.47. The zero-order valence-corrected chi connectivity index (χ0v) is 10.6. The Kier molecular flexibility index (Phi) is 3.14. The number of halogens is 1. The fourth-order valence-electron chi connectivity index (χ4n) is 1.34. The molecule has 6 heteroatoms. The Hall–Kier alpha value is -1.82. The topological polar surface area (TPSA) is 81.2 Å². The smallest absolute Gasteiger partial charge is 0.260 e. The molecule has 3 N–H and O–H groups in total. The summed E-state index contributed by atoms with van der Waals surface area (Å²) in [4.78, 5) is 11.9. The van der Waals surface area contributed by atoms with Gasteiger partial charge in [0.1, 0.15) is 11.3 Å². The molecular formula is C11H10BrN3O2. The molecule has 0 aliphatic carbocycles. The van der Waals surface area contributed by atoms with Crippen LogP contribution in [-0.2, 0) is 0 Å². The monoisotopic (exact) mass is 295 g/mol. The second-order valence-corrected chi connectivity index (χ2v) is 4.34. The number of nitrogens with two attached hydrogens (primary N) is 1. The van der Waals surface area contributed by atoms with Crippen LogP contribution >= 0.6 is 15.9 Å². The van der Waals surface area contributed by atoms with Crippen LogP contribution in [0.5, 0.6) is 0 Å². The standard InChI is InChI=1S/C11H10BrN3O2/c1-6-8(5-14-17-6)11(16)15-10-3-2-7(13)4-9(10)12/h2-5H,13H2,1H3,(H,15,16). The third-order valence-corrected chi connectivity index (χ3v) is 2.89. The molecular weight excluding hydrogens is 286 g/mol. The van der Waals surface area contributed by atoms with E-state index in [0.29, 0.717) is 22.7 Å². The lowest BCUT2D eigenvalue weighted by atomic mass is 10.2. The minimum Gasteiger partial charge on any atom is -0.399 e. The van der Waals surface area contributed by atoms with E-state index in [1.807, 2.05) is 0 Å². The number of hydrogen-bond acceptors (Lipinski definition) is 4. The van der Waals surface area contributed by atoms with Crippen molar-refractivity contribution in [3.63, 3.8) is 0 Å². The van der Waals surface area contributed by atoms with Crippen LogP contribution in [-0.4, -0.2) is 11.1 Å². The molecule has 0 bridgehead atoms. The Labute approximate surface area is 106 Å². The van der Waals surface area contributed by atoms with Crippen LogP contribution in [0.2, 0.25) is 0 Å². The average molecular weight is 296 g/mol. The summed E-state index contributed by atoms with van der Waals surface area (Å²) in [6.07, 6.45) is 1.38. The second kappa shape index (κ2) is 4.58. The predicted octanol–water partition coefficient (Wildman–Crippen LogP) is 2.58. The van der Waals surface area contributed by atoms with Gasteiger partial charge in [-0.3, -0.25) is 4.79 Å². The molecule has 1 amide bonds. The molecule has 88 valence electrons. The van der Waals surface area contributed by atoms with Crippen molar-refractivity contribution >= 4 is 33.2 Å². The number of aryl methyl sites for hydroxylation is 1. The van der Waals surface area contributed by atoms with E-state index < -0.39 is 0 Å². The molecule has 2 rings (SSSR count). The van der Waals surface area contributed by atoms with E-state index >= 15 is 0 Å². The molecule has 0 saturated heterocycles. The van der Waals surface area contributed by atoms with Gasteiger partial charge in [-0.2, -0.15) is 0 Å². The normalized spacial score (nSPS) is 10.2. The Balaban J connectivity index is 2.22. The molecule has 0 unspecified atom stereocenters. The molecule has 2 aromatic rings. The van der Waals surface area contributed by atoms with Crippen LogP contribution in [0, 0.1) is 6.92 Å². The molecule has 0 saturated carbocycles. The molecule has 0 radical (unpaired) electrons. The first kappa shape index (κ1) is 11.7. The number of nitrogen functional groups attached to an aromatic ring is 1. The van der Waals surface area contributed by atoms with E-state index in [-0.39, 0.29) is 5.91 Å². The summed E-state index contributed by atoms with van der Waals surface area (Å²) in [6, 6.07) is 5.15. The molecule has 0 spiro atoms. The molecule has 0 fully saturated rings. The fraction of sp³-hybridized carbons (Fsp3) is 0.0909. The van der Waals surface area contributed by atoms with Crippen molar-refractivity contribution in [1.82, 2.24) is 5.16 Å². The number of hydrogen-bond donors (Lipinski definition) is 2. The fourth-order valence-corrected chi connectivity index (χ4v) is 1.83. The van der Waals surface area contributed by atoms with Crippen LogP contribution in [0.4, 0.5) is 11.4 Å². The van der Waals surface area contributed by atoms with Crippen molar-refractivity contribution < 1.29 is 9.32 Å². The Morgan fingerprint density at radius 1 is 1.53 bits per heavy atom. The number of carbonyl (C=O) groups excluding carboxylic acids is 1. The van der Waals surface area contributed by atoms with E-state index in [1.54, 1.807) is 25.1 Å². The van der Waals surface area contributed by atoms with Crippen LogP contribution in [0.3, 0.4) is 0 Å². The lowest BCUT2D eigenvalue weighted by molar-refractivity contribution is 0.102.